The highest BCUT2D eigenvalue weighted by atomic mass is 16.5. The number of hydrogen-bond acceptors (Lipinski definition) is 11. The molecular formula is C34H47N9O3. The average Bonchev–Trinajstić information content (AvgIpc) is 3.09. The van der Waals surface area contributed by atoms with Gasteiger partial charge in [-0.3, -0.25) is 14.7 Å². The Bertz CT molecular complexity index is 1500. The molecule has 4 N–H and O–H groups in total. The normalized spacial score (nSPS) is 18.8. The molecule has 0 aliphatic carbocycles. The van der Waals surface area contributed by atoms with E-state index in [-0.39, 0.29) is 11.7 Å². The van der Waals surface area contributed by atoms with Crippen LogP contribution in [0.25, 0.3) is 11.4 Å². The van der Waals surface area contributed by atoms with Gasteiger partial charge in [-0.2, -0.15) is 0 Å². The lowest BCUT2D eigenvalue weighted by molar-refractivity contribution is 0.0904. The van der Waals surface area contributed by atoms with Gasteiger partial charge in [0.2, 0.25) is 0 Å². The molecule has 1 amide bonds. The number of likely N-dealkylation sites (N-methyl/N-ethyl adjacent to an activating group) is 1. The first-order valence-electron chi connectivity index (χ1n) is 16.6. The van der Waals surface area contributed by atoms with Crippen LogP contribution in [0.15, 0.2) is 36.5 Å². The minimum atomic E-state index is -0.681. The molecule has 6 rings (SSSR count). The molecule has 3 aliphatic heterocycles. The minimum absolute atomic E-state index is 0.0355. The first kappa shape index (κ1) is 32.0. The average molecular weight is 630 g/mol. The lowest BCUT2D eigenvalue weighted by atomic mass is 10.00. The van der Waals surface area contributed by atoms with Gasteiger partial charge in [0, 0.05) is 82.1 Å². The van der Waals surface area contributed by atoms with E-state index in [9.17, 15) is 4.79 Å². The summed E-state index contributed by atoms with van der Waals surface area (Å²) in [6.45, 7) is 10.3. The summed E-state index contributed by atoms with van der Waals surface area (Å²) >= 11 is 0. The van der Waals surface area contributed by atoms with Crippen LogP contribution >= 0.6 is 0 Å². The summed E-state index contributed by atoms with van der Waals surface area (Å²) in [7, 11) is 3.79. The highest BCUT2D eigenvalue weighted by molar-refractivity contribution is 5.97. The van der Waals surface area contributed by atoms with Crippen molar-refractivity contribution in [2.75, 3.05) is 82.2 Å². The van der Waals surface area contributed by atoms with Crippen molar-refractivity contribution < 1.29 is 14.3 Å². The zero-order chi connectivity index (χ0) is 32.0. The Morgan fingerprint density at radius 2 is 1.76 bits per heavy atom. The Morgan fingerprint density at radius 1 is 1.00 bits per heavy atom. The van der Waals surface area contributed by atoms with Crippen LogP contribution in [0.4, 0.5) is 23.0 Å². The van der Waals surface area contributed by atoms with Crippen LogP contribution in [0.2, 0.25) is 0 Å². The number of ether oxygens (including phenoxy) is 2. The molecule has 3 saturated heterocycles. The molecule has 0 bridgehead atoms. The second kappa shape index (κ2) is 14.6. The van der Waals surface area contributed by atoms with Gasteiger partial charge in [0.25, 0.3) is 5.91 Å². The number of carbonyl (C=O) groups excluding carboxylic acids is 1. The van der Waals surface area contributed by atoms with Gasteiger partial charge in [-0.1, -0.05) is 6.92 Å². The number of aryl methyl sites for hydroxylation is 1. The number of aromatic nitrogens is 3. The molecule has 0 saturated carbocycles. The Labute approximate surface area is 271 Å². The predicted octanol–water partition coefficient (Wildman–Crippen LogP) is 3.76. The van der Waals surface area contributed by atoms with Gasteiger partial charge in [-0.25, -0.2) is 9.97 Å². The van der Waals surface area contributed by atoms with Crippen molar-refractivity contribution in [2.24, 2.45) is 5.73 Å². The highest BCUT2D eigenvalue weighted by Gasteiger charge is 2.28. The third kappa shape index (κ3) is 7.19. The summed E-state index contributed by atoms with van der Waals surface area (Å²) in [5.41, 5.74) is 10.1. The maximum atomic E-state index is 12.8. The number of anilines is 4. The fraction of sp³-hybridized carbons (Fsp3) is 0.529. The summed E-state index contributed by atoms with van der Waals surface area (Å²) in [5, 5.41) is 6.92. The van der Waals surface area contributed by atoms with E-state index in [0.717, 1.165) is 51.1 Å². The molecule has 2 aromatic heterocycles. The quantitative estimate of drug-likeness (QED) is 0.303. The van der Waals surface area contributed by atoms with E-state index in [0.29, 0.717) is 48.0 Å². The maximum Gasteiger partial charge on any atom is 0.271 e. The fourth-order valence-electron chi connectivity index (χ4n) is 6.78. The largest absolute Gasteiger partial charge is 0.494 e. The number of nitrogens with two attached hydrogens (primary N) is 1. The van der Waals surface area contributed by atoms with Gasteiger partial charge in [0.1, 0.15) is 17.1 Å². The Hall–Kier alpha value is -4.00. The molecule has 46 heavy (non-hydrogen) atoms. The number of carbonyl (C=O) groups is 1. The molecule has 5 heterocycles. The Morgan fingerprint density at radius 3 is 2.46 bits per heavy atom. The molecule has 1 aromatic carbocycles. The third-order valence-corrected chi connectivity index (χ3v) is 9.49. The highest BCUT2D eigenvalue weighted by Crippen LogP contribution is 2.35. The first-order chi connectivity index (χ1) is 22.4. The van der Waals surface area contributed by atoms with Crippen molar-refractivity contribution in [1.82, 2.24) is 24.8 Å². The van der Waals surface area contributed by atoms with Crippen molar-refractivity contribution in [3.8, 4) is 17.1 Å². The molecule has 0 atom stereocenters. The van der Waals surface area contributed by atoms with Gasteiger partial charge in [-0.05, 0) is 75.0 Å². The second-order valence-electron chi connectivity index (χ2n) is 12.4. The van der Waals surface area contributed by atoms with E-state index in [1.807, 2.05) is 0 Å². The number of nitrogens with zero attached hydrogens (tertiary/aromatic N) is 6. The molecule has 12 nitrogen and oxygen atoms in total. The second-order valence-corrected chi connectivity index (χ2v) is 12.4. The number of piperazine rings is 1. The smallest absolute Gasteiger partial charge is 0.271 e. The maximum absolute atomic E-state index is 12.8. The zero-order valence-corrected chi connectivity index (χ0v) is 27.3. The molecule has 12 heteroatoms. The van der Waals surface area contributed by atoms with Crippen LogP contribution in [0, 0.1) is 0 Å². The fourth-order valence-corrected chi connectivity index (χ4v) is 6.78. The molecular weight excluding hydrogens is 582 g/mol. The summed E-state index contributed by atoms with van der Waals surface area (Å²) in [4.78, 5) is 34.6. The van der Waals surface area contributed by atoms with E-state index < -0.39 is 5.91 Å². The standard InChI is InChI=1S/C34H47N9O3/c1-4-23-22-25(7-8-27(23)43-14-9-26(10-15-43)42-18-16-41(2)17-19-42)38-34-31(32(35)44)39-30(29-28(45-3)6-5-13-36-29)33(40-34)37-24-11-20-46-21-12-24/h5-8,13,22,24,26H,4,9-12,14-21H2,1-3H3,(H2,35,44)(H2,37,38,40). The monoisotopic (exact) mass is 629 g/mol. The van der Waals surface area contributed by atoms with Crippen molar-refractivity contribution in [3.63, 3.8) is 0 Å². The number of amides is 1. The SMILES string of the molecule is CCc1cc(Nc2nc(NC3CCOCC3)c(-c3ncccc3OC)nc2C(N)=O)ccc1N1CCC(N2CCN(C)CC2)CC1. The van der Waals surface area contributed by atoms with Crippen LogP contribution in [0.5, 0.6) is 5.75 Å². The molecule has 3 aromatic rings. The van der Waals surface area contributed by atoms with Crippen LogP contribution in [-0.4, -0.2) is 109 Å². The molecule has 246 valence electrons. The Kier molecular flexibility index (Phi) is 10.2. The van der Waals surface area contributed by atoms with Crippen molar-refractivity contribution >= 4 is 28.9 Å². The summed E-state index contributed by atoms with van der Waals surface area (Å²) in [6.07, 6.45) is 6.56. The van der Waals surface area contributed by atoms with Crippen molar-refractivity contribution in [1.29, 1.82) is 0 Å². The molecule has 3 fully saturated rings. The van der Waals surface area contributed by atoms with Crippen molar-refractivity contribution in [2.45, 2.75) is 51.1 Å². The van der Waals surface area contributed by atoms with Gasteiger partial charge in [0.05, 0.1) is 7.11 Å². The molecule has 0 unspecified atom stereocenters. The topological polar surface area (TPSA) is 134 Å². The van der Waals surface area contributed by atoms with Gasteiger partial charge in [-0.15, -0.1) is 0 Å². The zero-order valence-electron chi connectivity index (χ0n) is 27.3. The van der Waals surface area contributed by atoms with Gasteiger partial charge in [0.15, 0.2) is 17.3 Å². The lowest BCUT2D eigenvalue weighted by Gasteiger charge is -2.43. The number of rotatable bonds is 10. The van der Waals surface area contributed by atoms with E-state index in [1.54, 1.807) is 25.4 Å². The van der Waals surface area contributed by atoms with Crippen LogP contribution < -0.4 is 26.0 Å². The van der Waals surface area contributed by atoms with Crippen molar-refractivity contribution in [3.05, 3.63) is 47.8 Å². The number of primary amides is 1. The van der Waals surface area contributed by atoms with E-state index in [4.69, 9.17) is 25.2 Å². The lowest BCUT2D eigenvalue weighted by Crippen LogP contribution is -2.52. The number of benzene rings is 1. The number of methoxy groups -OCH3 is 1. The minimum Gasteiger partial charge on any atom is -0.494 e. The summed E-state index contributed by atoms with van der Waals surface area (Å²) in [5.74, 6) is 0.647. The number of pyridine rings is 1. The van der Waals surface area contributed by atoms with Crippen LogP contribution in [-0.2, 0) is 11.2 Å². The number of hydrogen-bond donors (Lipinski definition) is 3. The number of piperidine rings is 1. The molecule has 0 radical (unpaired) electrons. The van der Waals surface area contributed by atoms with Crippen LogP contribution in [0.3, 0.4) is 0 Å². The van der Waals surface area contributed by atoms with Crippen LogP contribution in [0.1, 0.15) is 48.7 Å². The summed E-state index contributed by atoms with van der Waals surface area (Å²) in [6, 6.07) is 10.8. The van der Waals surface area contributed by atoms with Gasteiger partial charge < -0.3 is 35.6 Å². The predicted molar refractivity (Wildman–Crippen MR) is 181 cm³/mol. The first-order valence-corrected chi connectivity index (χ1v) is 16.6. The van der Waals surface area contributed by atoms with E-state index >= 15 is 0 Å². The van der Waals surface area contributed by atoms with E-state index in [2.05, 4.69) is 62.5 Å². The number of nitrogens with one attached hydrogen (secondary N) is 2. The molecule has 0 spiro atoms. The summed E-state index contributed by atoms with van der Waals surface area (Å²) < 4.78 is 11.1. The van der Waals surface area contributed by atoms with Gasteiger partial charge >= 0.3 is 0 Å². The van der Waals surface area contributed by atoms with E-state index in [1.165, 1.54) is 37.2 Å². The molecule has 3 aliphatic rings. The Balaban J connectivity index is 1.26. The third-order valence-electron chi connectivity index (χ3n) is 9.49.